The maximum Gasteiger partial charge on any atom is 0.0797 e. The summed E-state index contributed by atoms with van der Waals surface area (Å²) < 4.78 is 0. The fourth-order valence-corrected chi connectivity index (χ4v) is 3.87. The van der Waals surface area contributed by atoms with Gasteiger partial charge in [-0.3, -0.25) is 0 Å². The van der Waals surface area contributed by atoms with Crippen LogP contribution >= 0.6 is 27.3 Å². The average molecular weight is 138 g/mol. The van der Waals surface area contributed by atoms with E-state index in [4.69, 9.17) is 11.6 Å². The smallest absolute Gasteiger partial charge is 0.0797 e. The lowest BCUT2D eigenvalue weighted by Gasteiger charge is -1.84. The Morgan fingerprint density at radius 3 is 2.67 bits per heavy atom. The Labute approximate surface area is 45.7 Å². The normalized spacial score (nSPS) is 37.2. The van der Waals surface area contributed by atoms with Crippen molar-refractivity contribution < 1.29 is 0 Å². The number of hydrogen-bond acceptors (Lipinski definition) is 0. The number of hydrogen-bond donors (Lipinski definition) is 0. The predicted octanol–water partition coefficient (Wildman–Crippen LogP) is 2.76. The molecule has 0 nitrogen and oxygen atoms in total. The van der Waals surface area contributed by atoms with Gasteiger partial charge in [0, 0.05) is 0 Å². The van der Waals surface area contributed by atoms with Crippen LogP contribution in [0.1, 0.15) is 6.42 Å². The fourth-order valence-electron chi connectivity index (χ4n) is 0.368. The monoisotopic (exact) mass is 138 g/mol. The van der Waals surface area contributed by atoms with Gasteiger partial charge in [-0.25, -0.2) is 0 Å². The maximum atomic E-state index is 5.69. The van der Waals surface area contributed by atoms with Crippen molar-refractivity contribution in [2.24, 2.45) is 0 Å². The Morgan fingerprint density at radius 2 is 2.50 bits per heavy atom. The molecule has 0 aliphatic carbocycles. The molecule has 1 aliphatic heterocycles. The first-order valence-electron chi connectivity index (χ1n) is 1.90. The summed E-state index contributed by atoms with van der Waals surface area (Å²) in [6, 6.07) is 0. The number of rotatable bonds is 0. The van der Waals surface area contributed by atoms with Crippen molar-refractivity contribution in [1.82, 2.24) is 0 Å². The molecule has 0 radical (unpaired) electrons. The molecule has 3 heteroatoms. The summed E-state index contributed by atoms with van der Waals surface area (Å²) in [6.07, 6.45) is 2.54. The molecule has 1 heterocycles. The molecule has 0 spiro atoms. The van der Waals surface area contributed by atoms with E-state index in [-0.39, 0.29) is 0 Å². The first-order chi connectivity index (χ1) is 2.89. The summed E-state index contributed by atoms with van der Waals surface area (Å²) >= 11 is 5.69. The van der Waals surface area contributed by atoms with Gasteiger partial charge in [0.25, 0.3) is 0 Å². The molecule has 0 aromatic carbocycles. The van der Waals surface area contributed by atoms with E-state index in [1.807, 2.05) is 0 Å². The van der Waals surface area contributed by atoms with E-state index in [0.29, 0.717) is 5.12 Å². The fraction of sp³-hybridized carbons (Fsp3) is 1.00. The topological polar surface area (TPSA) is 0 Å². The van der Waals surface area contributed by atoms with Crippen LogP contribution in [0.4, 0.5) is 0 Å². The molecule has 1 rings (SSSR count). The highest BCUT2D eigenvalue weighted by Crippen LogP contribution is 2.35. The Morgan fingerprint density at radius 1 is 1.67 bits per heavy atom. The van der Waals surface area contributed by atoms with E-state index in [0.717, 1.165) is 0 Å². The van der Waals surface area contributed by atoms with Gasteiger partial charge in [0.05, 0.1) is 5.12 Å². The first-order valence-corrected chi connectivity index (χ1v) is 5.09. The van der Waals surface area contributed by atoms with Crippen molar-refractivity contribution in [3.8, 4) is 0 Å². The largest absolute Gasteiger partial charge is 0.113 e. The van der Waals surface area contributed by atoms with Crippen LogP contribution in [0.2, 0.25) is 0 Å². The highest BCUT2D eigenvalue weighted by molar-refractivity contribution is 7.85. The van der Waals surface area contributed by atoms with Gasteiger partial charge >= 0.3 is 0 Å². The molecule has 0 amide bonds. The minimum Gasteiger partial charge on any atom is -0.113 e. The van der Waals surface area contributed by atoms with Crippen LogP contribution in [0.15, 0.2) is 0 Å². The van der Waals surface area contributed by atoms with Crippen LogP contribution in [-0.2, 0) is 0 Å². The number of alkyl halides is 1. The zero-order valence-corrected chi connectivity index (χ0v) is 5.81. The third kappa shape index (κ3) is 1.19. The van der Waals surface area contributed by atoms with Crippen molar-refractivity contribution in [2.75, 3.05) is 6.16 Å². The van der Waals surface area contributed by atoms with Crippen LogP contribution in [0.3, 0.4) is 0 Å². The van der Waals surface area contributed by atoms with Gasteiger partial charge in [-0.2, -0.15) is 0 Å². The summed E-state index contributed by atoms with van der Waals surface area (Å²) in [5.74, 6) is 0. The highest BCUT2D eigenvalue weighted by atomic mass is 35.5. The van der Waals surface area contributed by atoms with Crippen molar-refractivity contribution in [2.45, 2.75) is 11.5 Å². The van der Waals surface area contributed by atoms with Crippen molar-refractivity contribution >= 4 is 27.3 Å². The summed E-state index contributed by atoms with van der Waals surface area (Å²) in [6.45, 7) is 0. The third-order valence-electron chi connectivity index (χ3n) is 0.674. The quantitative estimate of drug-likeness (QED) is 0.357. The molecule has 1 unspecified atom stereocenters. The van der Waals surface area contributed by atoms with Gasteiger partial charge in [0.1, 0.15) is 0 Å². The van der Waals surface area contributed by atoms with Crippen LogP contribution < -0.4 is 0 Å². The van der Waals surface area contributed by atoms with E-state index in [2.05, 4.69) is 0 Å². The lowest BCUT2D eigenvalue weighted by atomic mass is 10.6. The van der Waals surface area contributed by atoms with E-state index < -0.39 is 0 Å². The molecular weight excluding hydrogens is 133 g/mol. The molecule has 0 aromatic heterocycles. The Kier molecular flexibility index (Phi) is 1.90. The zero-order valence-electron chi connectivity index (χ0n) is 3.26. The van der Waals surface area contributed by atoms with E-state index in [1.54, 1.807) is 0 Å². The van der Waals surface area contributed by atoms with Gasteiger partial charge in [0.15, 0.2) is 0 Å². The molecule has 1 atom stereocenters. The summed E-state index contributed by atoms with van der Waals surface area (Å²) in [7, 11) is 2.95. The van der Waals surface area contributed by atoms with E-state index >= 15 is 0 Å². The SMILES string of the molecule is ClC1CCP=P1. The molecule has 0 fully saturated rings. The van der Waals surface area contributed by atoms with Gasteiger partial charge in [-0.05, 0) is 12.6 Å². The van der Waals surface area contributed by atoms with E-state index in [9.17, 15) is 0 Å². The van der Waals surface area contributed by atoms with Gasteiger partial charge in [0.2, 0.25) is 0 Å². The first kappa shape index (κ1) is 5.04. The second-order valence-corrected chi connectivity index (χ2v) is 5.16. The van der Waals surface area contributed by atoms with Crippen LogP contribution in [-0.4, -0.2) is 11.3 Å². The molecule has 0 saturated heterocycles. The van der Waals surface area contributed by atoms with Crippen molar-refractivity contribution in [3.05, 3.63) is 0 Å². The third-order valence-corrected chi connectivity index (χ3v) is 4.65. The molecule has 0 bridgehead atoms. The zero-order chi connectivity index (χ0) is 4.41. The number of halogens is 1. The molecule has 6 heavy (non-hydrogen) atoms. The average Bonchev–Trinajstić information content (AvgIpc) is 1.86. The molecule has 0 N–H and O–H groups in total. The van der Waals surface area contributed by atoms with Gasteiger partial charge in [-0.15, -0.1) is 11.6 Å². The van der Waals surface area contributed by atoms with Crippen molar-refractivity contribution in [3.63, 3.8) is 0 Å². The predicted molar refractivity (Wildman–Crippen MR) is 33.0 cm³/mol. The Balaban J connectivity index is 2.38. The lowest BCUT2D eigenvalue weighted by molar-refractivity contribution is 1.08. The summed E-state index contributed by atoms with van der Waals surface area (Å²) in [5.41, 5.74) is 0. The van der Waals surface area contributed by atoms with Gasteiger partial charge in [-0.1, -0.05) is 15.7 Å². The Hall–Kier alpha value is 0.890. The van der Waals surface area contributed by atoms with Crippen molar-refractivity contribution in [1.29, 1.82) is 0 Å². The molecule has 34 valence electrons. The Bertz CT molecular complexity index is 71.2. The standard InChI is InChI=1S/C3H5ClP2/c4-3-1-2-5-6-3/h3H,1-2H2. The van der Waals surface area contributed by atoms with E-state index in [1.165, 1.54) is 28.3 Å². The second kappa shape index (κ2) is 2.26. The molecule has 1 aliphatic rings. The maximum absolute atomic E-state index is 5.69. The van der Waals surface area contributed by atoms with Gasteiger partial charge < -0.3 is 0 Å². The van der Waals surface area contributed by atoms with Crippen LogP contribution in [0, 0.1) is 0 Å². The summed E-state index contributed by atoms with van der Waals surface area (Å²) in [5, 5.41) is 0.478. The van der Waals surface area contributed by atoms with Crippen LogP contribution in [0.5, 0.6) is 0 Å². The minimum absolute atomic E-state index is 0.478. The minimum atomic E-state index is 0.478. The summed E-state index contributed by atoms with van der Waals surface area (Å²) in [4.78, 5) is 0. The molecular formula is C3H5ClP2. The molecule has 0 aromatic rings. The highest BCUT2D eigenvalue weighted by Gasteiger charge is 2.03. The lowest BCUT2D eigenvalue weighted by Crippen LogP contribution is -1.79. The second-order valence-electron chi connectivity index (χ2n) is 1.20. The van der Waals surface area contributed by atoms with Crippen LogP contribution in [0.25, 0.3) is 0 Å². The molecule has 0 saturated carbocycles.